The highest BCUT2D eigenvalue weighted by Crippen LogP contribution is 2.26. The molecular weight excluding hydrogens is 266 g/mol. The normalized spacial score (nSPS) is 14.4. The highest BCUT2D eigenvalue weighted by Gasteiger charge is 2.23. The maximum absolute atomic E-state index is 6.37. The van der Waals surface area contributed by atoms with Gasteiger partial charge in [-0.2, -0.15) is 0 Å². The number of nitrogens with zero attached hydrogens (tertiary/aromatic N) is 2. The van der Waals surface area contributed by atoms with Crippen LogP contribution >= 0.6 is 11.3 Å². The number of nitrogens with two attached hydrogens (primary N) is 1. The molecule has 4 heteroatoms. The number of thiazole rings is 1. The van der Waals surface area contributed by atoms with Gasteiger partial charge in [0.05, 0.1) is 11.2 Å². The van der Waals surface area contributed by atoms with Crippen LogP contribution in [-0.4, -0.2) is 23.0 Å². The van der Waals surface area contributed by atoms with Crippen LogP contribution in [0.1, 0.15) is 36.2 Å². The molecule has 108 valence electrons. The van der Waals surface area contributed by atoms with Crippen molar-refractivity contribution < 1.29 is 0 Å². The van der Waals surface area contributed by atoms with Crippen LogP contribution in [-0.2, 0) is 6.54 Å². The number of rotatable bonds is 6. The largest absolute Gasteiger partial charge is 0.326 e. The van der Waals surface area contributed by atoms with E-state index in [1.807, 2.05) is 5.51 Å². The average molecular weight is 289 g/mol. The van der Waals surface area contributed by atoms with Crippen LogP contribution in [0.4, 0.5) is 0 Å². The monoisotopic (exact) mass is 289 g/mol. The third kappa shape index (κ3) is 3.66. The molecule has 0 aliphatic rings. The lowest BCUT2D eigenvalue weighted by molar-refractivity contribution is 0.200. The summed E-state index contributed by atoms with van der Waals surface area (Å²) in [7, 11) is 2.13. The molecule has 0 spiro atoms. The molecule has 0 saturated carbocycles. The number of hydrogen-bond donors (Lipinski definition) is 1. The Balaban J connectivity index is 2.23. The highest BCUT2D eigenvalue weighted by atomic mass is 32.1. The van der Waals surface area contributed by atoms with Gasteiger partial charge in [-0.15, -0.1) is 11.3 Å². The summed E-state index contributed by atoms with van der Waals surface area (Å²) in [5, 5.41) is 2.10. The van der Waals surface area contributed by atoms with Crippen LogP contribution in [0.5, 0.6) is 0 Å². The molecule has 0 amide bonds. The Bertz CT molecular complexity index is 524. The first-order valence-corrected chi connectivity index (χ1v) is 7.95. The molecule has 2 rings (SSSR count). The molecular formula is C16H23N3S. The summed E-state index contributed by atoms with van der Waals surface area (Å²) in [6, 6.07) is 8.99. The zero-order chi connectivity index (χ0) is 14.5. The van der Waals surface area contributed by atoms with Gasteiger partial charge < -0.3 is 5.73 Å². The van der Waals surface area contributed by atoms with Gasteiger partial charge in [-0.25, -0.2) is 4.98 Å². The van der Waals surface area contributed by atoms with Gasteiger partial charge >= 0.3 is 0 Å². The molecule has 20 heavy (non-hydrogen) atoms. The van der Waals surface area contributed by atoms with Crippen molar-refractivity contribution in [3.8, 4) is 0 Å². The van der Waals surface area contributed by atoms with Crippen molar-refractivity contribution in [2.75, 3.05) is 7.05 Å². The van der Waals surface area contributed by atoms with Crippen molar-refractivity contribution in [2.45, 2.75) is 38.9 Å². The fourth-order valence-corrected chi connectivity index (χ4v) is 3.12. The van der Waals surface area contributed by atoms with Gasteiger partial charge in [0, 0.05) is 24.0 Å². The summed E-state index contributed by atoms with van der Waals surface area (Å²) in [6.07, 6.45) is 0.958. The van der Waals surface area contributed by atoms with Crippen LogP contribution in [0.15, 0.2) is 35.2 Å². The second kappa shape index (κ2) is 6.97. The van der Waals surface area contributed by atoms with Crippen LogP contribution in [0, 0.1) is 6.92 Å². The fraction of sp³-hybridized carbons (Fsp3) is 0.438. The maximum Gasteiger partial charge on any atom is 0.0795 e. The third-order valence-corrected chi connectivity index (χ3v) is 4.27. The van der Waals surface area contributed by atoms with Crippen molar-refractivity contribution >= 4 is 11.3 Å². The summed E-state index contributed by atoms with van der Waals surface area (Å²) in [4.78, 5) is 6.67. The number of benzene rings is 1. The minimum Gasteiger partial charge on any atom is -0.326 e. The van der Waals surface area contributed by atoms with Gasteiger partial charge in [-0.3, -0.25) is 4.90 Å². The topological polar surface area (TPSA) is 42.1 Å². The summed E-state index contributed by atoms with van der Waals surface area (Å²) >= 11 is 1.64. The molecule has 0 aliphatic heterocycles. The Morgan fingerprint density at radius 1 is 1.40 bits per heavy atom. The zero-order valence-electron chi connectivity index (χ0n) is 12.4. The molecule has 3 nitrogen and oxygen atoms in total. The Morgan fingerprint density at radius 2 is 2.20 bits per heavy atom. The number of aryl methyl sites for hydroxylation is 1. The van der Waals surface area contributed by atoms with E-state index in [1.54, 1.807) is 11.3 Å². The molecule has 2 N–H and O–H groups in total. The minimum atomic E-state index is 0.125. The standard InChI is InChI=1S/C16H23N3S/c1-4-15(17)16(13-7-5-6-12(2)8-13)19(3)9-14-10-20-11-18-14/h5-8,10-11,15-16H,4,9,17H2,1-3H3. The summed E-state index contributed by atoms with van der Waals surface area (Å²) in [5.74, 6) is 0. The molecule has 0 saturated heterocycles. The van der Waals surface area contributed by atoms with Gasteiger partial charge in [0.25, 0.3) is 0 Å². The second-order valence-electron chi connectivity index (χ2n) is 5.33. The van der Waals surface area contributed by atoms with E-state index in [9.17, 15) is 0 Å². The lowest BCUT2D eigenvalue weighted by Gasteiger charge is -2.32. The van der Waals surface area contributed by atoms with E-state index in [1.165, 1.54) is 11.1 Å². The smallest absolute Gasteiger partial charge is 0.0795 e. The number of likely N-dealkylation sites (N-methyl/N-ethyl adjacent to an activating group) is 1. The molecule has 0 aliphatic carbocycles. The van der Waals surface area contributed by atoms with E-state index in [0.29, 0.717) is 0 Å². The molecule has 0 bridgehead atoms. The highest BCUT2D eigenvalue weighted by molar-refractivity contribution is 7.07. The van der Waals surface area contributed by atoms with Crippen LogP contribution in [0.25, 0.3) is 0 Å². The van der Waals surface area contributed by atoms with E-state index in [0.717, 1.165) is 18.7 Å². The number of hydrogen-bond acceptors (Lipinski definition) is 4. The van der Waals surface area contributed by atoms with E-state index >= 15 is 0 Å². The van der Waals surface area contributed by atoms with Crippen molar-refractivity contribution in [2.24, 2.45) is 5.73 Å². The van der Waals surface area contributed by atoms with Crippen LogP contribution in [0.3, 0.4) is 0 Å². The lowest BCUT2D eigenvalue weighted by Crippen LogP contribution is -2.38. The van der Waals surface area contributed by atoms with Crippen molar-refractivity contribution in [1.29, 1.82) is 0 Å². The van der Waals surface area contributed by atoms with E-state index in [4.69, 9.17) is 5.73 Å². The Kier molecular flexibility index (Phi) is 5.29. The Hall–Kier alpha value is -1.23. The van der Waals surface area contributed by atoms with Gasteiger partial charge in [0.15, 0.2) is 0 Å². The molecule has 2 atom stereocenters. The lowest BCUT2D eigenvalue weighted by atomic mass is 9.95. The van der Waals surface area contributed by atoms with Crippen molar-refractivity contribution in [1.82, 2.24) is 9.88 Å². The fourth-order valence-electron chi connectivity index (χ4n) is 2.58. The van der Waals surface area contributed by atoms with Crippen LogP contribution in [0.2, 0.25) is 0 Å². The second-order valence-corrected chi connectivity index (χ2v) is 6.04. The van der Waals surface area contributed by atoms with Crippen LogP contribution < -0.4 is 5.73 Å². The van der Waals surface area contributed by atoms with Gasteiger partial charge in [0.1, 0.15) is 0 Å². The SMILES string of the molecule is CCC(N)C(c1cccc(C)c1)N(C)Cc1cscn1. The first-order chi connectivity index (χ1) is 9.61. The molecule has 1 heterocycles. The average Bonchev–Trinajstić information content (AvgIpc) is 2.91. The van der Waals surface area contributed by atoms with Crippen molar-refractivity contribution in [3.05, 3.63) is 52.0 Å². The first kappa shape index (κ1) is 15.2. The summed E-state index contributed by atoms with van der Waals surface area (Å²) in [6.45, 7) is 5.10. The molecule has 0 fully saturated rings. The molecule has 0 radical (unpaired) electrons. The van der Waals surface area contributed by atoms with E-state index in [-0.39, 0.29) is 12.1 Å². The van der Waals surface area contributed by atoms with Gasteiger partial charge in [-0.1, -0.05) is 36.8 Å². The van der Waals surface area contributed by atoms with Crippen molar-refractivity contribution in [3.63, 3.8) is 0 Å². The van der Waals surface area contributed by atoms with Gasteiger partial charge in [0.2, 0.25) is 0 Å². The Morgan fingerprint density at radius 3 is 2.80 bits per heavy atom. The summed E-state index contributed by atoms with van der Waals surface area (Å²) < 4.78 is 0. The summed E-state index contributed by atoms with van der Waals surface area (Å²) in [5.41, 5.74) is 11.9. The zero-order valence-corrected chi connectivity index (χ0v) is 13.2. The maximum atomic E-state index is 6.37. The molecule has 1 aromatic heterocycles. The van der Waals surface area contributed by atoms with E-state index in [2.05, 4.69) is 60.4 Å². The predicted molar refractivity (Wildman–Crippen MR) is 85.8 cm³/mol. The van der Waals surface area contributed by atoms with Gasteiger partial charge in [-0.05, 0) is 26.0 Å². The number of aromatic nitrogens is 1. The predicted octanol–water partition coefficient (Wildman–Crippen LogP) is 3.36. The molecule has 2 aromatic rings. The molecule has 1 aromatic carbocycles. The first-order valence-electron chi connectivity index (χ1n) is 7.01. The Labute approximate surface area is 125 Å². The van der Waals surface area contributed by atoms with E-state index < -0.39 is 0 Å². The quantitative estimate of drug-likeness (QED) is 0.886. The minimum absolute atomic E-state index is 0.125. The molecule has 2 unspecified atom stereocenters. The third-order valence-electron chi connectivity index (χ3n) is 3.63.